The number of rotatable bonds is 2. The topological polar surface area (TPSA) is 27.6 Å². The van der Waals surface area contributed by atoms with E-state index in [-0.39, 0.29) is 0 Å². The maximum atomic E-state index is 4.48. The summed E-state index contributed by atoms with van der Waals surface area (Å²) in [6.07, 6.45) is 0. The first-order valence-electron chi connectivity index (χ1n) is 6.28. The number of hydrogen-bond acceptors (Lipinski definition) is 3. The van der Waals surface area contributed by atoms with Gasteiger partial charge in [-0.3, -0.25) is 0 Å². The van der Waals surface area contributed by atoms with Crippen LogP contribution in [-0.4, -0.2) is 25.0 Å². The van der Waals surface area contributed by atoms with Crippen molar-refractivity contribution in [2.24, 2.45) is 5.10 Å². The standard InChI is InChI=1S/C15H17N4/c1-18-17-16-15(13-9-5-3-6-10-13)19(18,2)14-11-7-4-8-12-14/h3-12,17H,1-2H3/q+1. The number of nitrogens with zero attached hydrogens (tertiary/aromatic N) is 3. The highest BCUT2D eigenvalue weighted by Gasteiger charge is 2.43. The number of benzene rings is 2. The molecule has 0 aliphatic carbocycles. The molecule has 0 fully saturated rings. The summed E-state index contributed by atoms with van der Waals surface area (Å²) >= 11 is 0. The maximum Gasteiger partial charge on any atom is 0.279 e. The number of hydrogen-bond donors (Lipinski definition) is 1. The lowest BCUT2D eigenvalue weighted by Gasteiger charge is -2.33. The Morgan fingerprint density at radius 1 is 0.947 bits per heavy atom. The van der Waals surface area contributed by atoms with Crippen LogP contribution in [0, 0.1) is 0 Å². The Labute approximate surface area is 113 Å². The molecule has 0 aromatic heterocycles. The molecule has 0 radical (unpaired) electrons. The second-order valence-corrected chi connectivity index (χ2v) is 4.72. The van der Waals surface area contributed by atoms with Crippen LogP contribution in [-0.2, 0) is 0 Å². The first-order chi connectivity index (χ1) is 9.23. The van der Waals surface area contributed by atoms with Gasteiger partial charge in [-0.05, 0) is 17.3 Å². The largest absolute Gasteiger partial charge is 0.279 e. The predicted molar refractivity (Wildman–Crippen MR) is 78.0 cm³/mol. The molecule has 96 valence electrons. The molecule has 4 nitrogen and oxygen atoms in total. The third kappa shape index (κ3) is 1.82. The molecular weight excluding hydrogens is 236 g/mol. The van der Waals surface area contributed by atoms with Gasteiger partial charge in [0.2, 0.25) is 0 Å². The van der Waals surface area contributed by atoms with E-state index < -0.39 is 0 Å². The van der Waals surface area contributed by atoms with Crippen LogP contribution >= 0.6 is 0 Å². The van der Waals surface area contributed by atoms with Crippen molar-refractivity contribution in [3.8, 4) is 0 Å². The fraction of sp³-hybridized carbons (Fsp3) is 0.133. The van der Waals surface area contributed by atoms with Crippen molar-refractivity contribution >= 4 is 11.5 Å². The van der Waals surface area contributed by atoms with Crippen LogP contribution in [0.1, 0.15) is 5.56 Å². The Bertz CT molecular complexity index is 594. The van der Waals surface area contributed by atoms with Gasteiger partial charge in [-0.2, -0.15) is 5.53 Å². The number of amidine groups is 1. The summed E-state index contributed by atoms with van der Waals surface area (Å²) in [6, 6.07) is 20.6. The van der Waals surface area contributed by atoms with Crippen LogP contribution in [0.4, 0.5) is 5.69 Å². The van der Waals surface area contributed by atoms with Gasteiger partial charge in [-0.25, -0.2) is 0 Å². The SMILES string of the molecule is CN1NN=C(c2ccccc2)[N+]1(C)c1ccccc1. The van der Waals surface area contributed by atoms with Crippen LogP contribution in [0.3, 0.4) is 0 Å². The molecule has 0 bridgehead atoms. The predicted octanol–water partition coefficient (Wildman–Crippen LogP) is 2.35. The van der Waals surface area contributed by atoms with Crippen molar-refractivity contribution in [2.75, 3.05) is 14.1 Å². The van der Waals surface area contributed by atoms with E-state index in [0.717, 1.165) is 17.1 Å². The highest BCUT2D eigenvalue weighted by atomic mass is 16.0. The van der Waals surface area contributed by atoms with E-state index in [1.807, 2.05) is 48.6 Å². The number of quaternary nitrogens is 1. The minimum atomic E-state index is 0.505. The summed E-state index contributed by atoms with van der Waals surface area (Å²) in [5, 5.41) is 6.47. The van der Waals surface area contributed by atoms with E-state index in [4.69, 9.17) is 0 Å². The normalized spacial score (nSPS) is 22.9. The minimum Gasteiger partial charge on any atom is -0.189 e. The van der Waals surface area contributed by atoms with Crippen molar-refractivity contribution in [3.05, 3.63) is 66.2 Å². The molecular formula is C15H17N4+. The molecule has 0 saturated carbocycles. The molecule has 1 atom stereocenters. The first kappa shape index (κ1) is 11.9. The Hall–Kier alpha value is -2.17. The second-order valence-electron chi connectivity index (χ2n) is 4.72. The van der Waals surface area contributed by atoms with Crippen molar-refractivity contribution in [1.82, 2.24) is 15.2 Å². The van der Waals surface area contributed by atoms with Gasteiger partial charge in [-0.1, -0.05) is 36.4 Å². The zero-order valence-corrected chi connectivity index (χ0v) is 11.1. The summed E-state index contributed by atoms with van der Waals surface area (Å²) in [7, 11) is 4.12. The summed E-state index contributed by atoms with van der Waals surface area (Å²) in [4.78, 5) is 0. The van der Waals surface area contributed by atoms with Crippen molar-refractivity contribution < 1.29 is 0 Å². The highest BCUT2D eigenvalue weighted by Crippen LogP contribution is 2.28. The first-order valence-corrected chi connectivity index (χ1v) is 6.28. The Balaban J connectivity index is 2.11. The third-order valence-electron chi connectivity index (χ3n) is 3.60. The molecule has 1 aliphatic rings. The van der Waals surface area contributed by atoms with E-state index in [2.05, 4.69) is 41.9 Å². The lowest BCUT2D eigenvalue weighted by atomic mass is 10.1. The molecule has 1 aliphatic heterocycles. The highest BCUT2D eigenvalue weighted by molar-refractivity contribution is 6.06. The monoisotopic (exact) mass is 253 g/mol. The van der Waals surface area contributed by atoms with Gasteiger partial charge >= 0.3 is 0 Å². The zero-order valence-electron chi connectivity index (χ0n) is 11.1. The summed E-state index contributed by atoms with van der Waals surface area (Å²) < 4.78 is 0.505. The van der Waals surface area contributed by atoms with Crippen LogP contribution < -0.4 is 10.1 Å². The number of hydrazone groups is 1. The molecule has 1 N–H and O–H groups in total. The summed E-state index contributed by atoms with van der Waals surface area (Å²) in [5.74, 6) is 0.981. The molecule has 4 heteroatoms. The quantitative estimate of drug-likeness (QED) is 0.832. The Morgan fingerprint density at radius 3 is 2.16 bits per heavy atom. The summed E-state index contributed by atoms with van der Waals surface area (Å²) in [6.45, 7) is 0. The van der Waals surface area contributed by atoms with Gasteiger partial charge in [0, 0.05) is 12.1 Å². The van der Waals surface area contributed by atoms with E-state index in [1.54, 1.807) is 0 Å². The van der Waals surface area contributed by atoms with E-state index >= 15 is 0 Å². The maximum absolute atomic E-state index is 4.48. The average molecular weight is 253 g/mol. The number of nitrogens with one attached hydrogen (secondary N) is 1. The lowest BCUT2D eigenvalue weighted by molar-refractivity contribution is 0.0771. The van der Waals surface area contributed by atoms with Crippen molar-refractivity contribution in [3.63, 3.8) is 0 Å². The molecule has 19 heavy (non-hydrogen) atoms. The number of hydrazine groups is 1. The van der Waals surface area contributed by atoms with E-state index in [0.29, 0.717) is 4.59 Å². The fourth-order valence-electron chi connectivity index (χ4n) is 2.37. The van der Waals surface area contributed by atoms with Crippen molar-refractivity contribution in [1.29, 1.82) is 0 Å². The van der Waals surface area contributed by atoms with Crippen LogP contribution in [0.2, 0.25) is 0 Å². The number of para-hydroxylation sites is 1. The van der Waals surface area contributed by atoms with Gasteiger partial charge in [-0.15, -0.1) is 9.69 Å². The van der Waals surface area contributed by atoms with Crippen molar-refractivity contribution in [2.45, 2.75) is 0 Å². The van der Waals surface area contributed by atoms with Gasteiger partial charge in [0.05, 0.1) is 19.7 Å². The molecule has 0 saturated heterocycles. The minimum absolute atomic E-state index is 0.505. The third-order valence-corrected chi connectivity index (χ3v) is 3.60. The smallest absolute Gasteiger partial charge is 0.189 e. The molecule has 1 heterocycles. The molecule has 1 unspecified atom stereocenters. The van der Waals surface area contributed by atoms with Gasteiger partial charge in [0.25, 0.3) is 5.84 Å². The molecule has 0 spiro atoms. The lowest BCUT2D eigenvalue weighted by Crippen LogP contribution is -2.59. The molecule has 0 amide bonds. The fourth-order valence-corrected chi connectivity index (χ4v) is 2.37. The molecule has 2 aromatic rings. The van der Waals surface area contributed by atoms with Crippen LogP contribution in [0.15, 0.2) is 65.8 Å². The Morgan fingerprint density at radius 2 is 1.53 bits per heavy atom. The van der Waals surface area contributed by atoms with Crippen LogP contribution in [0.5, 0.6) is 0 Å². The Kier molecular flexibility index (Phi) is 2.81. The molecule has 3 rings (SSSR count). The van der Waals surface area contributed by atoms with Gasteiger partial charge in [0.1, 0.15) is 0 Å². The van der Waals surface area contributed by atoms with Gasteiger partial charge in [0.15, 0.2) is 5.69 Å². The van der Waals surface area contributed by atoms with Gasteiger partial charge < -0.3 is 0 Å². The second kappa shape index (κ2) is 4.50. The van der Waals surface area contributed by atoms with E-state index in [1.165, 1.54) is 0 Å². The summed E-state index contributed by atoms with van der Waals surface area (Å²) in [5.41, 5.74) is 5.33. The molecule has 2 aromatic carbocycles. The van der Waals surface area contributed by atoms with E-state index in [9.17, 15) is 0 Å². The average Bonchev–Trinajstić information content (AvgIpc) is 2.78. The zero-order chi connectivity index (χ0) is 13.3. The van der Waals surface area contributed by atoms with Crippen LogP contribution in [0.25, 0.3) is 0 Å².